The standard InChI is InChI=1S/C20H22FNO3S/c1-14-3-8-18(11-15(14)2)26-13-20(24)25-12-19(23)22-10-9-16-4-6-17(21)7-5-16/h3-8,11H,9-10,12-13H2,1-2H3,(H,22,23). The van der Waals surface area contributed by atoms with Crippen molar-refractivity contribution in [3.8, 4) is 0 Å². The molecule has 4 nitrogen and oxygen atoms in total. The predicted octanol–water partition coefficient (Wildman–Crippen LogP) is 3.44. The number of rotatable bonds is 8. The highest BCUT2D eigenvalue weighted by Gasteiger charge is 2.08. The number of hydrogen-bond acceptors (Lipinski definition) is 4. The number of ether oxygens (including phenoxy) is 1. The van der Waals surface area contributed by atoms with Crippen LogP contribution >= 0.6 is 11.8 Å². The maximum absolute atomic E-state index is 12.8. The number of aryl methyl sites for hydroxylation is 2. The monoisotopic (exact) mass is 375 g/mol. The Hall–Kier alpha value is -2.34. The summed E-state index contributed by atoms with van der Waals surface area (Å²) in [6.45, 7) is 4.16. The van der Waals surface area contributed by atoms with Gasteiger partial charge in [-0.1, -0.05) is 18.2 Å². The van der Waals surface area contributed by atoms with E-state index in [0.29, 0.717) is 13.0 Å². The summed E-state index contributed by atoms with van der Waals surface area (Å²) >= 11 is 1.38. The lowest BCUT2D eigenvalue weighted by atomic mass is 10.1. The van der Waals surface area contributed by atoms with Crippen LogP contribution in [-0.2, 0) is 20.7 Å². The highest BCUT2D eigenvalue weighted by molar-refractivity contribution is 8.00. The van der Waals surface area contributed by atoms with Crippen molar-refractivity contribution in [2.75, 3.05) is 18.9 Å². The van der Waals surface area contributed by atoms with Crippen LogP contribution in [0.5, 0.6) is 0 Å². The normalized spacial score (nSPS) is 10.4. The molecule has 138 valence electrons. The number of benzene rings is 2. The molecule has 6 heteroatoms. The van der Waals surface area contributed by atoms with Gasteiger partial charge < -0.3 is 10.1 Å². The van der Waals surface area contributed by atoms with Crippen LogP contribution in [0.2, 0.25) is 0 Å². The molecule has 2 aromatic carbocycles. The van der Waals surface area contributed by atoms with E-state index >= 15 is 0 Å². The number of carbonyl (C=O) groups excluding carboxylic acids is 2. The summed E-state index contributed by atoms with van der Waals surface area (Å²) in [5, 5.41) is 2.67. The van der Waals surface area contributed by atoms with Gasteiger partial charge in [-0.05, 0) is 61.2 Å². The number of halogens is 1. The zero-order valence-corrected chi connectivity index (χ0v) is 15.7. The van der Waals surface area contributed by atoms with Crippen molar-refractivity contribution in [2.24, 2.45) is 0 Å². The van der Waals surface area contributed by atoms with E-state index in [9.17, 15) is 14.0 Å². The van der Waals surface area contributed by atoms with E-state index in [4.69, 9.17) is 4.74 Å². The van der Waals surface area contributed by atoms with E-state index in [1.807, 2.05) is 32.0 Å². The Bertz CT molecular complexity index is 762. The smallest absolute Gasteiger partial charge is 0.316 e. The zero-order chi connectivity index (χ0) is 18.9. The summed E-state index contributed by atoms with van der Waals surface area (Å²) in [5.41, 5.74) is 3.30. The van der Waals surface area contributed by atoms with Gasteiger partial charge in [-0.25, -0.2) is 4.39 Å². The molecule has 0 fully saturated rings. The Balaban J connectivity index is 1.62. The summed E-state index contributed by atoms with van der Waals surface area (Å²) in [6.07, 6.45) is 0.586. The van der Waals surface area contributed by atoms with Crippen LogP contribution in [0, 0.1) is 19.7 Å². The Morgan fingerprint density at radius 1 is 1.08 bits per heavy atom. The van der Waals surface area contributed by atoms with Gasteiger partial charge in [0.15, 0.2) is 6.61 Å². The summed E-state index contributed by atoms with van der Waals surface area (Å²) in [6, 6.07) is 12.1. The Kier molecular flexibility index (Phi) is 7.66. The fourth-order valence-electron chi connectivity index (χ4n) is 2.18. The second-order valence-corrected chi connectivity index (χ2v) is 6.97. The maximum Gasteiger partial charge on any atom is 0.316 e. The molecule has 2 aromatic rings. The third kappa shape index (κ3) is 6.88. The topological polar surface area (TPSA) is 55.4 Å². The van der Waals surface area contributed by atoms with Crippen molar-refractivity contribution >= 4 is 23.6 Å². The molecule has 0 saturated carbocycles. The predicted molar refractivity (Wildman–Crippen MR) is 101 cm³/mol. The van der Waals surface area contributed by atoms with E-state index in [-0.39, 0.29) is 24.1 Å². The average Bonchev–Trinajstić information content (AvgIpc) is 2.62. The van der Waals surface area contributed by atoms with E-state index in [1.54, 1.807) is 12.1 Å². The summed E-state index contributed by atoms with van der Waals surface area (Å²) in [4.78, 5) is 24.4. The second-order valence-electron chi connectivity index (χ2n) is 5.92. The lowest BCUT2D eigenvalue weighted by molar-refractivity contribution is -0.145. The maximum atomic E-state index is 12.8. The van der Waals surface area contributed by atoms with Gasteiger partial charge in [-0.3, -0.25) is 9.59 Å². The van der Waals surface area contributed by atoms with Crippen molar-refractivity contribution in [1.82, 2.24) is 5.32 Å². The van der Waals surface area contributed by atoms with Crippen LogP contribution < -0.4 is 5.32 Å². The molecule has 2 rings (SSSR count). The Morgan fingerprint density at radius 3 is 2.50 bits per heavy atom. The molecule has 0 heterocycles. The SMILES string of the molecule is Cc1ccc(SCC(=O)OCC(=O)NCCc2ccc(F)cc2)cc1C. The molecule has 0 radical (unpaired) electrons. The first-order valence-electron chi connectivity index (χ1n) is 8.31. The first-order chi connectivity index (χ1) is 12.4. The Morgan fingerprint density at radius 2 is 1.81 bits per heavy atom. The fraction of sp³-hybridized carbons (Fsp3) is 0.300. The molecular weight excluding hydrogens is 353 g/mol. The van der Waals surface area contributed by atoms with Crippen LogP contribution in [0.1, 0.15) is 16.7 Å². The van der Waals surface area contributed by atoms with Crippen LogP contribution in [0.15, 0.2) is 47.4 Å². The minimum absolute atomic E-state index is 0.158. The quantitative estimate of drug-likeness (QED) is 0.567. The lowest BCUT2D eigenvalue weighted by Crippen LogP contribution is -2.30. The molecule has 0 spiro atoms. The molecular formula is C20H22FNO3S. The molecule has 0 aliphatic carbocycles. The van der Waals surface area contributed by atoms with Crippen molar-refractivity contribution in [3.63, 3.8) is 0 Å². The number of hydrogen-bond donors (Lipinski definition) is 1. The lowest BCUT2D eigenvalue weighted by Gasteiger charge is -2.07. The minimum Gasteiger partial charge on any atom is -0.455 e. The first kappa shape index (κ1) is 20.0. The van der Waals surface area contributed by atoms with Crippen molar-refractivity contribution in [2.45, 2.75) is 25.2 Å². The number of nitrogens with one attached hydrogen (secondary N) is 1. The van der Waals surface area contributed by atoms with Crippen LogP contribution in [0.25, 0.3) is 0 Å². The summed E-state index contributed by atoms with van der Waals surface area (Å²) in [7, 11) is 0. The van der Waals surface area contributed by atoms with E-state index < -0.39 is 5.97 Å². The van der Waals surface area contributed by atoms with Crippen molar-refractivity contribution in [3.05, 3.63) is 65.0 Å². The third-order valence-electron chi connectivity index (χ3n) is 3.85. The largest absolute Gasteiger partial charge is 0.455 e. The number of thioether (sulfide) groups is 1. The fourth-order valence-corrected chi connectivity index (χ4v) is 2.97. The summed E-state index contributed by atoms with van der Waals surface area (Å²) < 4.78 is 17.8. The van der Waals surface area contributed by atoms with Gasteiger partial charge >= 0.3 is 5.97 Å². The molecule has 0 saturated heterocycles. The third-order valence-corrected chi connectivity index (χ3v) is 4.82. The van der Waals surface area contributed by atoms with Crippen LogP contribution in [0.3, 0.4) is 0 Å². The molecule has 1 N–H and O–H groups in total. The highest BCUT2D eigenvalue weighted by Crippen LogP contribution is 2.21. The molecule has 0 aliphatic rings. The zero-order valence-electron chi connectivity index (χ0n) is 14.9. The van der Waals surface area contributed by atoms with Gasteiger partial charge in [0.1, 0.15) is 5.82 Å². The van der Waals surface area contributed by atoms with Gasteiger partial charge in [0.2, 0.25) is 0 Å². The van der Waals surface area contributed by atoms with E-state index in [2.05, 4.69) is 5.32 Å². The van der Waals surface area contributed by atoms with Gasteiger partial charge in [0, 0.05) is 11.4 Å². The first-order valence-corrected chi connectivity index (χ1v) is 9.29. The van der Waals surface area contributed by atoms with E-state index in [0.717, 1.165) is 10.5 Å². The highest BCUT2D eigenvalue weighted by atomic mass is 32.2. The second kappa shape index (κ2) is 9.97. The average molecular weight is 375 g/mol. The number of esters is 1. The van der Waals surface area contributed by atoms with E-state index in [1.165, 1.54) is 35.0 Å². The summed E-state index contributed by atoms with van der Waals surface area (Å²) in [5.74, 6) is -0.910. The minimum atomic E-state index is -0.429. The molecule has 26 heavy (non-hydrogen) atoms. The van der Waals surface area contributed by atoms with Gasteiger partial charge in [-0.2, -0.15) is 0 Å². The molecule has 0 aliphatic heterocycles. The number of amides is 1. The van der Waals surface area contributed by atoms with Crippen molar-refractivity contribution < 1.29 is 18.7 Å². The molecule has 0 unspecified atom stereocenters. The molecule has 0 aromatic heterocycles. The van der Waals surface area contributed by atoms with Crippen molar-refractivity contribution in [1.29, 1.82) is 0 Å². The molecule has 0 bridgehead atoms. The van der Waals surface area contributed by atoms with Gasteiger partial charge in [0.25, 0.3) is 5.91 Å². The van der Waals surface area contributed by atoms with Crippen LogP contribution in [0.4, 0.5) is 4.39 Å². The van der Waals surface area contributed by atoms with Crippen LogP contribution in [-0.4, -0.2) is 30.8 Å². The number of carbonyl (C=O) groups is 2. The van der Waals surface area contributed by atoms with Gasteiger partial charge in [0.05, 0.1) is 5.75 Å². The molecule has 1 amide bonds. The molecule has 0 atom stereocenters. The Labute approximate surface area is 157 Å². The van der Waals surface area contributed by atoms with Gasteiger partial charge in [-0.15, -0.1) is 11.8 Å².